The Kier molecular flexibility index (Phi) is 8.32. The Labute approximate surface area is 198 Å². The van der Waals surface area contributed by atoms with Gasteiger partial charge in [0.1, 0.15) is 5.75 Å². The maximum absolute atomic E-state index is 12.9. The molecule has 0 bridgehead atoms. The molecule has 0 radical (unpaired) electrons. The molecule has 33 heavy (non-hydrogen) atoms. The zero-order valence-electron chi connectivity index (χ0n) is 20.2. The van der Waals surface area contributed by atoms with Gasteiger partial charge >= 0.3 is 0 Å². The van der Waals surface area contributed by atoms with Crippen LogP contribution in [0.15, 0.2) is 30.3 Å². The standard InChI is InChI=1S/C27H38N4O2/c1-3-4-10-25-24(20-11-13-23(14-12-20)33-22-8-6-5-7-9-22)19-26(30-29-25)27(32)28-21-15-17-31(2)18-16-21/h11-14,19,21-22H,3-10,15-18H2,1-2H3,(H,28,32). The first kappa shape index (κ1) is 23.7. The maximum Gasteiger partial charge on any atom is 0.272 e. The van der Waals surface area contributed by atoms with Crippen LogP contribution >= 0.6 is 0 Å². The Morgan fingerprint density at radius 3 is 2.48 bits per heavy atom. The molecular weight excluding hydrogens is 412 g/mol. The summed E-state index contributed by atoms with van der Waals surface area (Å²) in [6, 6.07) is 10.4. The molecule has 0 spiro atoms. The van der Waals surface area contributed by atoms with Crippen molar-refractivity contribution in [2.45, 2.75) is 83.3 Å². The van der Waals surface area contributed by atoms with Crippen molar-refractivity contribution in [1.29, 1.82) is 0 Å². The second-order valence-electron chi connectivity index (χ2n) is 9.65. The predicted octanol–water partition coefficient (Wildman–Crippen LogP) is 5.02. The molecule has 0 atom stereocenters. The maximum atomic E-state index is 12.9. The van der Waals surface area contributed by atoms with E-state index in [0.29, 0.717) is 11.8 Å². The summed E-state index contributed by atoms with van der Waals surface area (Å²) in [5, 5.41) is 11.9. The van der Waals surface area contributed by atoms with Crippen molar-refractivity contribution in [3.05, 3.63) is 41.7 Å². The van der Waals surface area contributed by atoms with E-state index in [2.05, 4.69) is 46.5 Å². The van der Waals surface area contributed by atoms with Crippen molar-refractivity contribution in [3.63, 3.8) is 0 Å². The lowest BCUT2D eigenvalue weighted by Gasteiger charge is -2.29. The van der Waals surface area contributed by atoms with Crippen molar-refractivity contribution in [2.75, 3.05) is 20.1 Å². The average molecular weight is 451 g/mol. The highest BCUT2D eigenvalue weighted by Crippen LogP contribution is 2.28. The summed E-state index contributed by atoms with van der Waals surface area (Å²) in [5.74, 6) is 0.792. The smallest absolute Gasteiger partial charge is 0.272 e. The van der Waals surface area contributed by atoms with Crippen LogP contribution in [0, 0.1) is 0 Å². The Morgan fingerprint density at radius 1 is 1.06 bits per heavy atom. The van der Waals surface area contributed by atoms with E-state index in [9.17, 15) is 4.79 Å². The minimum atomic E-state index is -0.127. The molecule has 1 aromatic heterocycles. The Balaban J connectivity index is 1.50. The van der Waals surface area contributed by atoms with E-state index in [0.717, 1.165) is 80.6 Å². The lowest BCUT2D eigenvalue weighted by molar-refractivity contribution is 0.0910. The van der Waals surface area contributed by atoms with E-state index in [1.54, 1.807) is 0 Å². The number of ether oxygens (including phenoxy) is 1. The van der Waals surface area contributed by atoms with Gasteiger partial charge in [0.2, 0.25) is 0 Å². The fraction of sp³-hybridized carbons (Fsp3) is 0.593. The number of carbonyl (C=O) groups excluding carboxylic acids is 1. The zero-order valence-corrected chi connectivity index (χ0v) is 20.2. The third kappa shape index (κ3) is 6.53. The van der Waals surface area contributed by atoms with Gasteiger partial charge in [-0.3, -0.25) is 4.79 Å². The van der Waals surface area contributed by atoms with E-state index in [1.807, 2.05) is 18.2 Å². The largest absolute Gasteiger partial charge is 0.490 e. The first-order chi connectivity index (χ1) is 16.1. The number of amides is 1. The van der Waals surface area contributed by atoms with Gasteiger partial charge in [0.25, 0.3) is 5.91 Å². The summed E-state index contributed by atoms with van der Waals surface area (Å²) in [7, 11) is 2.12. The Morgan fingerprint density at radius 2 is 1.79 bits per heavy atom. The van der Waals surface area contributed by atoms with Crippen LogP contribution in [0.4, 0.5) is 0 Å². The molecule has 2 heterocycles. The number of hydrogen-bond acceptors (Lipinski definition) is 5. The predicted molar refractivity (Wildman–Crippen MR) is 132 cm³/mol. The fourth-order valence-electron chi connectivity index (χ4n) is 4.81. The third-order valence-electron chi connectivity index (χ3n) is 6.94. The molecule has 1 amide bonds. The molecule has 2 fully saturated rings. The summed E-state index contributed by atoms with van der Waals surface area (Å²) in [4.78, 5) is 15.2. The van der Waals surface area contributed by atoms with Crippen LogP contribution < -0.4 is 10.1 Å². The van der Waals surface area contributed by atoms with Crippen LogP contribution in [-0.4, -0.2) is 53.3 Å². The number of nitrogens with one attached hydrogen (secondary N) is 1. The normalized spacial score (nSPS) is 18.2. The lowest BCUT2D eigenvalue weighted by Crippen LogP contribution is -2.43. The molecule has 6 nitrogen and oxygen atoms in total. The SMILES string of the molecule is CCCCc1nnc(C(=O)NC2CCN(C)CC2)cc1-c1ccc(OC2CCCCC2)cc1. The summed E-state index contributed by atoms with van der Waals surface area (Å²) in [5.41, 5.74) is 3.40. The van der Waals surface area contributed by atoms with Gasteiger partial charge < -0.3 is 15.0 Å². The van der Waals surface area contributed by atoms with Crippen LogP contribution in [0.25, 0.3) is 11.1 Å². The van der Waals surface area contributed by atoms with Crippen LogP contribution in [0.5, 0.6) is 5.75 Å². The molecule has 2 aromatic rings. The van der Waals surface area contributed by atoms with Crippen LogP contribution in [0.3, 0.4) is 0 Å². The van der Waals surface area contributed by atoms with E-state index in [1.165, 1.54) is 19.3 Å². The molecule has 4 rings (SSSR count). The minimum absolute atomic E-state index is 0.127. The van der Waals surface area contributed by atoms with Crippen molar-refractivity contribution in [3.8, 4) is 16.9 Å². The van der Waals surface area contributed by atoms with Crippen molar-refractivity contribution in [1.82, 2.24) is 20.4 Å². The molecule has 1 aliphatic heterocycles. The van der Waals surface area contributed by atoms with Gasteiger partial charge in [0, 0.05) is 11.6 Å². The quantitative estimate of drug-likeness (QED) is 0.611. The first-order valence-electron chi connectivity index (χ1n) is 12.8. The number of hydrogen-bond donors (Lipinski definition) is 1. The number of aryl methyl sites for hydroxylation is 1. The number of piperidine rings is 1. The van der Waals surface area contributed by atoms with Crippen molar-refractivity contribution in [2.24, 2.45) is 0 Å². The summed E-state index contributed by atoms with van der Waals surface area (Å²) in [6.45, 7) is 4.19. The monoisotopic (exact) mass is 450 g/mol. The molecule has 6 heteroatoms. The molecular formula is C27H38N4O2. The summed E-state index contributed by atoms with van der Waals surface area (Å²) < 4.78 is 6.20. The second-order valence-corrected chi connectivity index (χ2v) is 9.65. The highest BCUT2D eigenvalue weighted by molar-refractivity contribution is 5.93. The van der Waals surface area contributed by atoms with Crippen LogP contribution in [0.1, 0.15) is 80.9 Å². The van der Waals surface area contributed by atoms with Gasteiger partial charge in [-0.2, -0.15) is 5.10 Å². The molecule has 0 unspecified atom stereocenters. The highest BCUT2D eigenvalue weighted by atomic mass is 16.5. The second kappa shape index (κ2) is 11.6. The van der Waals surface area contributed by atoms with Gasteiger partial charge in [0.15, 0.2) is 5.69 Å². The topological polar surface area (TPSA) is 67.4 Å². The summed E-state index contributed by atoms with van der Waals surface area (Å²) in [6.07, 6.45) is 11.4. The van der Waals surface area contributed by atoms with Gasteiger partial charge in [-0.15, -0.1) is 5.10 Å². The molecule has 178 valence electrons. The third-order valence-corrected chi connectivity index (χ3v) is 6.94. The number of likely N-dealkylation sites (tertiary alicyclic amines) is 1. The van der Waals surface area contributed by atoms with Crippen LogP contribution in [0.2, 0.25) is 0 Å². The van der Waals surface area contributed by atoms with E-state index in [-0.39, 0.29) is 11.9 Å². The number of aromatic nitrogens is 2. The van der Waals surface area contributed by atoms with Crippen molar-refractivity contribution < 1.29 is 9.53 Å². The minimum Gasteiger partial charge on any atom is -0.490 e. The number of benzene rings is 1. The number of rotatable bonds is 8. The Hall–Kier alpha value is -2.47. The van der Waals surface area contributed by atoms with Gasteiger partial charge in [-0.25, -0.2) is 0 Å². The first-order valence-corrected chi connectivity index (χ1v) is 12.8. The molecule has 2 aliphatic rings. The number of unbranched alkanes of at least 4 members (excludes halogenated alkanes) is 1. The Bertz CT molecular complexity index is 901. The van der Waals surface area contributed by atoms with Gasteiger partial charge in [0.05, 0.1) is 11.8 Å². The van der Waals surface area contributed by atoms with Crippen LogP contribution in [-0.2, 0) is 6.42 Å². The fourth-order valence-corrected chi connectivity index (χ4v) is 4.81. The number of nitrogens with zero attached hydrogens (tertiary/aromatic N) is 3. The molecule has 1 saturated heterocycles. The average Bonchev–Trinajstić information content (AvgIpc) is 2.85. The molecule has 1 aliphatic carbocycles. The molecule has 1 N–H and O–H groups in total. The highest BCUT2D eigenvalue weighted by Gasteiger charge is 2.21. The zero-order chi connectivity index (χ0) is 23.0. The van der Waals surface area contributed by atoms with E-state index in [4.69, 9.17) is 4.74 Å². The van der Waals surface area contributed by atoms with Gasteiger partial charge in [-0.05, 0) is 95.3 Å². The molecule has 1 saturated carbocycles. The summed E-state index contributed by atoms with van der Waals surface area (Å²) >= 11 is 0. The number of carbonyl (C=O) groups is 1. The van der Waals surface area contributed by atoms with Crippen molar-refractivity contribution >= 4 is 5.91 Å². The molecule has 1 aromatic carbocycles. The van der Waals surface area contributed by atoms with E-state index < -0.39 is 0 Å². The lowest BCUT2D eigenvalue weighted by atomic mass is 9.97. The van der Waals surface area contributed by atoms with E-state index >= 15 is 0 Å². The van der Waals surface area contributed by atoms with Gasteiger partial charge in [-0.1, -0.05) is 31.9 Å².